The van der Waals surface area contributed by atoms with Crippen molar-refractivity contribution in [1.82, 2.24) is 14.9 Å². The molecule has 1 aromatic carbocycles. The summed E-state index contributed by atoms with van der Waals surface area (Å²) in [5, 5.41) is 3.32. The van der Waals surface area contributed by atoms with Gasteiger partial charge in [-0.1, -0.05) is 24.3 Å². The summed E-state index contributed by atoms with van der Waals surface area (Å²) in [7, 11) is 0.345. The molecule has 1 saturated carbocycles. The molecule has 2 rings (SSSR count). The Bertz CT molecular complexity index is 746. The van der Waals surface area contributed by atoms with Gasteiger partial charge in [-0.25, -0.2) is 13.1 Å². The topological polar surface area (TPSA) is 83.0 Å². The lowest BCUT2D eigenvalue weighted by Gasteiger charge is -2.22. The van der Waals surface area contributed by atoms with Crippen molar-refractivity contribution in [3.8, 4) is 0 Å². The van der Waals surface area contributed by atoms with Crippen LogP contribution in [0.1, 0.15) is 37.8 Å². The number of ether oxygens (including phenoxy) is 1. The van der Waals surface area contributed by atoms with Crippen molar-refractivity contribution in [1.29, 1.82) is 0 Å². The Labute approximate surface area is 169 Å². The minimum Gasteiger partial charge on any atom is -0.379 e. The van der Waals surface area contributed by atoms with E-state index in [4.69, 9.17) is 4.74 Å². The van der Waals surface area contributed by atoms with Crippen molar-refractivity contribution in [2.45, 2.75) is 45.0 Å². The molecule has 1 aromatic rings. The van der Waals surface area contributed by atoms with Crippen molar-refractivity contribution in [2.24, 2.45) is 10.9 Å². The normalized spacial score (nSPS) is 15.1. The summed E-state index contributed by atoms with van der Waals surface area (Å²) < 4.78 is 32.9. The van der Waals surface area contributed by atoms with E-state index in [1.165, 1.54) is 12.8 Å². The maximum Gasteiger partial charge on any atom is 0.216 e. The summed E-state index contributed by atoms with van der Waals surface area (Å²) in [6.45, 7) is 6.42. The lowest BCUT2D eigenvalue weighted by atomic mass is 10.1. The predicted octanol–water partition coefficient (Wildman–Crippen LogP) is 1.95. The first-order valence-corrected chi connectivity index (χ1v) is 11.5. The third-order valence-electron chi connectivity index (χ3n) is 4.51. The lowest BCUT2D eigenvalue weighted by Crippen LogP contribution is -2.40. The van der Waals surface area contributed by atoms with Crippen molar-refractivity contribution in [3.63, 3.8) is 0 Å². The van der Waals surface area contributed by atoms with Crippen LogP contribution < -0.4 is 10.0 Å². The molecule has 0 amide bonds. The largest absolute Gasteiger partial charge is 0.379 e. The van der Waals surface area contributed by atoms with Crippen LogP contribution in [0.25, 0.3) is 0 Å². The minimum absolute atomic E-state index is 0.0352. The highest BCUT2D eigenvalue weighted by atomic mass is 32.2. The van der Waals surface area contributed by atoms with E-state index in [0.29, 0.717) is 13.2 Å². The second-order valence-electron chi connectivity index (χ2n) is 7.64. The van der Waals surface area contributed by atoms with E-state index in [2.05, 4.69) is 15.0 Å². The van der Waals surface area contributed by atoms with Crippen LogP contribution in [0.3, 0.4) is 0 Å². The van der Waals surface area contributed by atoms with E-state index in [1.54, 1.807) is 7.05 Å². The summed E-state index contributed by atoms with van der Waals surface area (Å²) in [6.07, 6.45) is 2.59. The monoisotopic (exact) mass is 410 g/mol. The summed E-state index contributed by atoms with van der Waals surface area (Å²) in [4.78, 5) is 6.34. The molecule has 158 valence electrons. The molecule has 1 aliphatic carbocycles. The fraction of sp³-hybridized carbons (Fsp3) is 0.650. The maximum absolute atomic E-state index is 12.3. The average molecular weight is 411 g/mol. The molecule has 0 unspecified atom stereocenters. The number of rotatable bonds is 11. The predicted molar refractivity (Wildman–Crippen MR) is 114 cm³/mol. The number of guanidine groups is 1. The molecule has 28 heavy (non-hydrogen) atoms. The van der Waals surface area contributed by atoms with Gasteiger partial charge in [0.15, 0.2) is 5.96 Å². The number of likely N-dealkylation sites (N-methyl/N-ethyl adjacent to an activating group) is 1. The quantitative estimate of drug-likeness (QED) is 0.331. The first-order valence-electron chi connectivity index (χ1n) is 9.87. The summed E-state index contributed by atoms with van der Waals surface area (Å²) in [5.41, 5.74) is 1.73. The molecule has 0 bridgehead atoms. The van der Waals surface area contributed by atoms with Gasteiger partial charge in [-0.2, -0.15) is 0 Å². The zero-order chi connectivity index (χ0) is 20.6. The second kappa shape index (κ2) is 10.8. The highest BCUT2D eigenvalue weighted by Gasteiger charge is 2.21. The fourth-order valence-corrected chi connectivity index (χ4v) is 4.37. The lowest BCUT2D eigenvalue weighted by molar-refractivity contribution is 0.115. The smallest absolute Gasteiger partial charge is 0.216 e. The summed E-state index contributed by atoms with van der Waals surface area (Å²) >= 11 is 0. The van der Waals surface area contributed by atoms with Crippen molar-refractivity contribution >= 4 is 16.0 Å². The number of aliphatic imine (C=N–C) groups is 1. The number of nitrogens with one attached hydrogen (secondary N) is 2. The standard InChI is InChI=1S/C20H34N4O3S/c1-16(2)23-28(25,26)15-19-8-6-5-7-18(19)13-22-20(21-3)24(4)11-12-27-14-17-9-10-17/h5-8,16-17,23H,9-15H2,1-4H3,(H,21,22). The molecule has 0 spiro atoms. The van der Waals surface area contributed by atoms with Crippen LogP contribution in [0.2, 0.25) is 0 Å². The van der Waals surface area contributed by atoms with Gasteiger partial charge in [0.25, 0.3) is 0 Å². The molecule has 0 aromatic heterocycles. The zero-order valence-electron chi connectivity index (χ0n) is 17.4. The number of benzene rings is 1. The van der Waals surface area contributed by atoms with E-state index < -0.39 is 10.0 Å². The Balaban J connectivity index is 1.89. The van der Waals surface area contributed by atoms with Crippen molar-refractivity contribution in [2.75, 3.05) is 33.9 Å². The van der Waals surface area contributed by atoms with Gasteiger partial charge >= 0.3 is 0 Å². The molecule has 2 N–H and O–H groups in total. The Morgan fingerprint density at radius 2 is 1.96 bits per heavy atom. The van der Waals surface area contributed by atoms with Gasteiger partial charge in [0.05, 0.1) is 12.4 Å². The van der Waals surface area contributed by atoms with Crippen LogP contribution in [-0.4, -0.2) is 59.2 Å². The van der Waals surface area contributed by atoms with Gasteiger partial charge < -0.3 is 15.0 Å². The molecule has 0 aliphatic heterocycles. The van der Waals surface area contributed by atoms with Gasteiger partial charge in [-0.3, -0.25) is 4.99 Å². The van der Waals surface area contributed by atoms with Gasteiger partial charge in [0.1, 0.15) is 0 Å². The molecular weight excluding hydrogens is 376 g/mol. The second-order valence-corrected chi connectivity index (χ2v) is 9.39. The first-order chi connectivity index (χ1) is 13.3. The highest BCUT2D eigenvalue weighted by molar-refractivity contribution is 7.88. The van der Waals surface area contributed by atoms with Crippen LogP contribution in [-0.2, 0) is 27.1 Å². The molecule has 1 fully saturated rings. The van der Waals surface area contributed by atoms with E-state index in [-0.39, 0.29) is 11.8 Å². The molecule has 0 heterocycles. The summed E-state index contributed by atoms with van der Waals surface area (Å²) in [6, 6.07) is 7.46. The number of hydrogen-bond acceptors (Lipinski definition) is 4. The third kappa shape index (κ3) is 8.16. The molecule has 0 saturated heterocycles. The SMILES string of the molecule is CN=C(NCc1ccccc1CS(=O)(=O)NC(C)C)N(C)CCOCC1CC1. The van der Waals surface area contributed by atoms with Gasteiger partial charge in [-0.05, 0) is 43.7 Å². The van der Waals surface area contributed by atoms with Crippen LogP contribution >= 0.6 is 0 Å². The average Bonchev–Trinajstić information content (AvgIpc) is 3.43. The van der Waals surface area contributed by atoms with Crippen LogP contribution in [0, 0.1) is 5.92 Å². The molecule has 7 nitrogen and oxygen atoms in total. The van der Waals surface area contributed by atoms with Crippen LogP contribution in [0.4, 0.5) is 0 Å². The highest BCUT2D eigenvalue weighted by Crippen LogP contribution is 2.28. The van der Waals surface area contributed by atoms with Gasteiger partial charge in [-0.15, -0.1) is 0 Å². The Hall–Kier alpha value is -1.64. The fourth-order valence-electron chi connectivity index (χ4n) is 2.88. The van der Waals surface area contributed by atoms with E-state index in [9.17, 15) is 8.42 Å². The van der Waals surface area contributed by atoms with Gasteiger partial charge in [0, 0.05) is 39.8 Å². The van der Waals surface area contributed by atoms with E-state index in [0.717, 1.165) is 36.2 Å². The Morgan fingerprint density at radius 1 is 1.29 bits per heavy atom. The molecule has 8 heteroatoms. The van der Waals surface area contributed by atoms with E-state index >= 15 is 0 Å². The zero-order valence-corrected chi connectivity index (χ0v) is 18.3. The minimum atomic E-state index is -3.37. The van der Waals surface area contributed by atoms with Crippen molar-refractivity contribution < 1.29 is 13.2 Å². The van der Waals surface area contributed by atoms with Crippen molar-refractivity contribution in [3.05, 3.63) is 35.4 Å². The summed E-state index contributed by atoms with van der Waals surface area (Å²) in [5.74, 6) is 1.49. The number of sulfonamides is 1. The van der Waals surface area contributed by atoms with Crippen LogP contribution in [0.5, 0.6) is 0 Å². The number of hydrogen-bond donors (Lipinski definition) is 2. The molecule has 0 atom stereocenters. The maximum atomic E-state index is 12.3. The van der Waals surface area contributed by atoms with Crippen LogP contribution in [0.15, 0.2) is 29.3 Å². The molecule has 1 aliphatic rings. The first kappa shape index (κ1) is 22.6. The molecule has 0 radical (unpaired) electrons. The third-order valence-corrected chi connectivity index (χ3v) is 6.03. The van der Waals surface area contributed by atoms with E-state index in [1.807, 2.05) is 50.1 Å². The molecular formula is C20H34N4O3S. The Morgan fingerprint density at radius 3 is 2.57 bits per heavy atom. The number of nitrogens with zero attached hydrogens (tertiary/aromatic N) is 2. The van der Waals surface area contributed by atoms with Gasteiger partial charge in [0.2, 0.25) is 10.0 Å². The Kier molecular flexibility index (Phi) is 8.72.